The number of ether oxygens (including phenoxy) is 1. The highest BCUT2D eigenvalue weighted by molar-refractivity contribution is 7.89. The Labute approximate surface area is 131 Å². The molecule has 6 nitrogen and oxygen atoms in total. The highest BCUT2D eigenvalue weighted by atomic mass is 32.2. The van der Waals surface area contributed by atoms with Gasteiger partial charge in [0.05, 0.1) is 23.1 Å². The second-order valence-electron chi connectivity index (χ2n) is 6.18. The van der Waals surface area contributed by atoms with Crippen LogP contribution in [-0.4, -0.2) is 43.4 Å². The van der Waals surface area contributed by atoms with Crippen molar-refractivity contribution in [2.45, 2.75) is 44.2 Å². The molecule has 122 valence electrons. The van der Waals surface area contributed by atoms with Crippen molar-refractivity contribution in [3.8, 4) is 0 Å². The van der Waals surface area contributed by atoms with Gasteiger partial charge < -0.3 is 10.1 Å². The van der Waals surface area contributed by atoms with Gasteiger partial charge in [0.25, 0.3) is 0 Å². The highest BCUT2D eigenvalue weighted by Gasteiger charge is 2.41. The van der Waals surface area contributed by atoms with Gasteiger partial charge in [-0.15, -0.1) is 0 Å². The Morgan fingerprint density at radius 1 is 1.32 bits per heavy atom. The van der Waals surface area contributed by atoms with Crippen molar-refractivity contribution in [1.82, 2.24) is 4.31 Å². The molecule has 1 unspecified atom stereocenters. The predicted octanol–water partition coefficient (Wildman–Crippen LogP) is 1.83. The maximum Gasteiger partial charge on any atom is 0.243 e. The number of amides is 1. The summed E-state index contributed by atoms with van der Waals surface area (Å²) in [5.74, 6) is -0.196. The third kappa shape index (κ3) is 3.48. The molecule has 1 aliphatic heterocycles. The summed E-state index contributed by atoms with van der Waals surface area (Å²) >= 11 is 0. The van der Waals surface area contributed by atoms with E-state index in [0.717, 1.165) is 0 Å². The Hall–Kier alpha value is -1.44. The zero-order valence-corrected chi connectivity index (χ0v) is 14.1. The zero-order valence-electron chi connectivity index (χ0n) is 13.3. The number of benzene rings is 1. The summed E-state index contributed by atoms with van der Waals surface area (Å²) in [5.41, 5.74) is -0.0252. The van der Waals surface area contributed by atoms with Crippen molar-refractivity contribution >= 4 is 21.6 Å². The van der Waals surface area contributed by atoms with E-state index in [1.54, 1.807) is 12.1 Å². The van der Waals surface area contributed by atoms with Gasteiger partial charge in [0, 0.05) is 19.2 Å². The topological polar surface area (TPSA) is 75.7 Å². The van der Waals surface area contributed by atoms with Gasteiger partial charge in [0.15, 0.2) is 0 Å². The quantitative estimate of drug-likeness (QED) is 0.919. The average Bonchev–Trinajstić information content (AvgIpc) is 2.41. The summed E-state index contributed by atoms with van der Waals surface area (Å²) in [4.78, 5) is 11.2. The van der Waals surface area contributed by atoms with Crippen LogP contribution in [0.25, 0.3) is 0 Å². The summed E-state index contributed by atoms with van der Waals surface area (Å²) in [7, 11) is -3.61. The fraction of sp³-hybridized carbons (Fsp3) is 0.533. The van der Waals surface area contributed by atoms with E-state index in [1.165, 1.54) is 23.4 Å². The minimum Gasteiger partial charge on any atom is -0.375 e. The maximum absolute atomic E-state index is 12.9. The lowest BCUT2D eigenvalue weighted by molar-refractivity contribution is -0.114. The monoisotopic (exact) mass is 326 g/mol. The normalized spacial score (nSPS) is 22.3. The van der Waals surface area contributed by atoms with Crippen molar-refractivity contribution in [2.75, 3.05) is 18.5 Å². The average molecular weight is 326 g/mol. The molecule has 1 fully saturated rings. The largest absolute Gasteiger partial charge is 0.375 e. The molecule has 7 heteroatoms. The van der Waals surface area contributed by atoms with Gasteiger partial charge in [0.2, 0.25) is 15.9 Å². The molecular weight excluding hydrogens is 304 g/mol. The van der Waals surface area contributed by atoms with Gasteiger partial charge in [-0.25, -0.2) is 8.42 Å². The molecule has 1 aromatic carbocycles. The van der Waals surface area contributed by atoms with E-state index in [1.807, 2.05) is 20.8 Å². The second-order valence-corrected chi connectivity index (χ2v) is 8.04. The Kier molecular flexibility index (Phi) is 4.60. The van der Waals surface area contributed by atoms with Gasteiger partial charge >= 0.3 is 0 Å². The van der Waals surface area contributed by atoms with Crippen LogP contribution in [0.2, 0.25) is 0 Å². The highest BCUT2D eigenvalue weighted by Crippen LogP contribution is 2.29. The molecule has 0 aromatic heterocycles. The fourth-order valence-electron chi connectivity index (χ4n) is 2.42. The van der Waals surface area contributed by atoms with E-state index in [4.69, 9.17) is 4.74 Å². The molecule has 1 aliphatic rings. The first kappa shape index (κ1) is 16.9. The fourth-order valence-corrected chi connectivity index (χ4v) is 4.26. The molecule has 0 saturated carbocycles. The third-order valence-corrected chi connectivity index (χ3v) is 5.67. The van der Waals surface area contributed by atoms with Crippen molar-refractivity contribution in [2.24, 2.45) is 0 Å². The third-order valence-electron chi connectivity index (χ3n) is 3.58. The van der Waals surface area contributed by atoms with Crippen LogP contribution in [0.5, 0.6) is 0 Å². The Balaban J connectivity index is 2.31. The van der Waals surface area contributed by atoms with Gasteiger partial charge in [-0.1, -0.05) is 0 Å². The van der Waals surface area contributed by atoms with Crippen LogP contribution in [0, 0.1) is 0 Å². The summed E-state index contributed by atoms with van der Waals surface area (Å²) in [6.07, 6.45) is -0.138. The first-order valence-corrected chi connectivity index (χ1v) is 8.59. The minimum atomic E-state index is -3.61. The van der Waals surface area contributed by atoms with Crippen LogP contribution < -0.4 is 5.32 Å². The molecule has 1 saturated heterocycles. The van der Waals surface area contributed by atoms with Gasteiger partial charge in [-0.2, -0.15) is 4.31 Å². The molecule has 0 bridgehead atoms. The molecule has 0 aliphatic carbocycles. The number of nitrogens with zero attached hydrogens (tertiary/aromatic N) is 1. The van der Waals surface area contributed by atoms with Crippen LogP contribution in [0.15, 0.2) is 29.2 Å². The Morgan fingerprint density at radius 2 is 1.91 bits per heavy atom. The standard InChI is InChI=1S/C15H22N2O4S/c1-11-9-17(15(3,4)10-21-11)22(19,20)14-7-5-13(6-8-14)16-12(2)18/h5-8,11H,9-10H2,1-4H3,(H,16,18). The second kappa shape index (κ2) is 5.98. The van der Waals surface area contributed by atoms with E-state index in [0.29, 0.717) is 18.8 Å². The number of hydrogen-bond acceptors (Lipinski definition) is 4. The summed E-state index contributed by atoms with van der Waals surface area (Å²) in [5, 5.41) is 2.62. The zero-order chi connectivity index (χ0) is 16.5. The molecule has 1 atom stereocenters. The molecular formula is C15H22N2O4S. The lowest BCUT2D eigenvalue weighted by atomic mass is 10.1. The first-order valence-electron chi connectivity index (χ1n) is 7.15. The summed E-state index contributed by atoms with van der Waals surface area (Å²) in [6.45, 7) is 7.64. The lowest BCUT2D eigenvalue weighted by Crippen LogP contribution is -2.57. The van der Waals surface area contributed by atoms with E-state index in [-0.39, 0.29) is 16.9 Å². The van der Waals surface area contributed by atoms with Crippen molar-refractivity contribution in [1.29, 1.82) is 0 Å². The van der Waals surface area contributed by atoms with Gasteiger partial charge in [-0.05, 0) is 45.0 Å². The van der Waals surface area contributed by atoms with E-state index >= 15 is 0 Å². The van der Waals surface area contributed by atoms with E-state index in [9.17, 15) is 13.2 Å². The molecule has 1 amide bonds. The number of rotatable bonds is 3. The molecule has 1 heterocycles. The maximum atomic E-state index is 12.9. The van der Waals surface area contributed by atoms with Crippen molar-refractivity contribution in [3.63, 3.8) is 0 Å². The number of carbonyl (C=O) groups excluding carboxylic acids is 1. The van der Waals surface area contributed by atoms with Crippen LogP contribution in [0.1, 0.15) is 27.7 Å². The first-order chi connectivity index (χ1) is 10.1. The SMILES string of the molecule is CC(=O)Nc1ccc(S(=O)(=O)N2CC(C)OCC2(C)C)cc1. The molecule has 1 aromatic rings. The Morgan fingerprint density at radius 3 is 2.45 bits per heavy atom. The number of morpholine rings is 1. The number of carbonyl (C=O) groups is 1. The molecule has 0 radical (unpaired) electrons. The summed E-state index contributed by atoms with van der Waals surface area (Å²) in [6, 6.07) is 6.20. The number of hydrogen-bond donors (Lipinski definition) is 1. The van der Waals surface area contributed by atoms with Crippen LogP contribution in [-0.2, 0) is 19.6 Å². The molecule has 1 N–H and O–H groups in total. The Bertz CT molecular complexity index is 653. The number of sulfonamides is 1. The predicted molar refractivity (Wildman–Crippen MR) is 84.1 cm³/mol. The van der Waals surface area contributed by atoms with Crippen LogP contribution in [0.4, 0.5) is 5.69 Å². The van der Waals surface area contributed by atoms with Crippen molar-refractivity contribution < 1.29 is 17.9 Å². The van der Waals surface area contributed by atoms with Gasteiger partial charge in [-0.3, -0.25) is 4.79 Å². The van der Waals surface area contributed by atoms with Crippen LogP contribution in [0.3, 0.4) is 0 Å². The lowest BCUT2D eigenvalue weighted by Gasteiger charge is -2.43. The molecule has 2 rings (SSSR count). The number of anilines is 1. The van der Waals surface area contributed by atoms with E-state index in [2.05, 4.69) is 5.32 Å². The molecule has 22 heavy (non-hydrogen) atoms. The minimum absolute atomic E-state index is 0.138. The number of nitrogens with one attached hydrogen (secondary N) is 1. The van der Waals surface area contributed by atoms with E-state index < -0.39 is 15.6 Å². The van der Waals surface area contributed by atoms with Crippen molar-refractivity contribution in [3.05, 3.63) is 24.3 Å². The molecule has 0 spiro atoms. The smallest absolute Gasteiger partial charge is 0.243 e. The van der Waals surface area contributed by atoms with Gasteiger partial charge in [0.1, 0.15) is 0 Å². The van der Waals surface area contributed by atoms with Crippen LogP contribution >= 0.6 is 0 Å². The summed E-state index contributed by atoms with van der Waals surface area (Å²) < 4.78 is 32.8.